The molecule has 0 spiro atoms. The van der Waals surface area contributed by atoms with Gasteiger partial charge in [0.05, 0.1) is 0 Å². The zero-order valence-electron chi connectivity index (χ0n) is 2.72. The molecule has 0 amide bonds. The summed E-state index contributed by atoms with van der Waals surface area (Å²) in [6.07, 6.45) is 0. The molecule has 0 aliphatic carbocycles. The molecule has 0 rings (SSSR count). The second kappa shape index (κ2) is 11.1. The molecule has 35 valence electrons. The van der Waals surface area contributed by atoms with Crippen LogP contribution in [0.25, 0.3) is 0 Å². The molecule has 0 aromatic rings. The van der Waals surface area contributed by atoms with E-state index in [0.29, 0.717) is 0 Å². The monoisotopic (exact) mass is 321 g/mol. The Bertz CT molecular complexity index is 226. The second-order valence-electron chi connectivity index (χ2n) is 0.212. The fourth-order valence-corrected chi connectivity index (χ4v) is 0. The summed E-state index contributed by atoms with van der Waals surface area (Å²) >= 11 is 0. The van der Waals surface area contributed by atoms with Crippen LogP contribution >= 0.6 is 21.8 Å². The second-order valence-corrected chi connectivity index (χ2v) is 7.87. The van der Waals surface area contributed by atoms with Crippen LogP contribution in [0.2, 0.25) is 0 Å². The number of hydrogen-bond donors (Lipinski definition) is 0. The van der Waals surface area contributed by atoms with Crippen LogP contribution in [-0.4, -0.2) is 0 Å². The van der Waals surface area contributed by atoms with Crippen molar-refractivity contribution in [3.63, 3.8) is 0 Å². The summed E-state index contributed by atoms with van der Waals surface area (Å²) in [5.74, 6) is 0. The van der Waals surface area contributed by atoms with Crippen molar-refractivity contribution >= 4 is 21.8 Å². The Morgan fingerprint density at radius 1 is 1.00 bits per heavy atom. The first-order valence-electron chi connectivity index (χ1n) is 0.474. The Hall–Kier alpha value is 3.23. The molecule has 0 aromatic heterocycles. The van der Waals surface area contributed by atoms with Crippen molar-refractivity contribution in [2.24, 2.45) is 0 Å². The van der Waals surface area contributed by atoms with Crippen LogP contribution < -0.4 is 0 Å². The van der Waals surface area contributed by atoms with E-state index in [2.05, 4.69) is 21.8 Å². The Labute approximate surface area is 75.1 Å². The molecule has 0 radical (unpaired) electrons. The molecule has 0 unspecified atom stereocenters. The molecule has 6 heavy (non-hydrogen) atoms. The fourth-order valence-electron chi connectivity index (χ4n) is 0. The van der Waals surface area contributed by atoms with E-state index in [1.807, 2.05) is 0 Å². The number of rotatable bonds is 0. The summed E-state index contributed by atoms with van der Waals surface area (Å²) in [6.45, 7) is 0. The predicted molar refractivity (Wildman–Crippen MR) is 20.8 cm³/mol. The topological polar surface area (TPSA) is 0 Å². The minimum absolute atomic E-state index is 0. The molecule has 0 nitrogen and oxygen atoms in total. The van der Waals surface area contributed by atoms with Crippen molar-refractivity contribution in [3.8, 4) is 0 Å². The van der Waals surface area contributed by atoms with Crippen LogP contribution in [0, 0.1) is 0 Å². The summed E-state index contributed by atoms with van der Waals surface area (Å²) in [5, 5.41) is 0. The van der Waals surface area contributed by atoms with Gasteiger partial charge in [0.2, 0.25) is 0 Å². The van der Waals surface area contributed by atoms with Gasteiger partial charge in [-0.05, 0) is 0 Å². The van der Waals surface area contributed by atoms with Gasteiger partial charge >= 0.3 is 32.3 Å². The molecule has 0 atom stereocenters. The summed E-state index contributed by atoms with van der Waals surface area (Å²) in [5.41, 5.74) is 0. The molecule has 0 N–H and O–H groups in total. The summed E-state index contributed by atoms with van der Waals surface area (Å²) < 4.78 is 0. The van der Waals surface area contributed by atoms with E-state index in [9.17, 15) is 0 Å². The van der Waals surface area contributed by atoms with Gasteiger partial charge in [0.15, 0.2) is 0 Å². The molecule has 0 aromatic carbocycles. The van der Waals surface area contributed by atoms with Gasteiger partial charge in [-0.1, -0.05) is 0 Å². The molecule has 0 bridgehead atoms. The predicted octanol–water partition coefficient (Wildman–Crippen LogP) is 2.58. The van der Waals surface area contributed by atoms with Gasteiger partial charge in [-0.15, -0.1) is 0 Å². The standard InChI is InChI=1S/Cd.Fe.Ni.3P. The van der Waals surface area contributed by atoms with Crippen LogP contribution in [0.3, 0.4) is 0 Å². The molecule has 6 heteroatoms. The Morgan fingerprint density at radius 2 is 1.00 bits per heavy atom. The van der Waals surface area contributed by atoms with Crippen molar-refractivity contribution < 1.29 is 54.3 Å². The summed E-state index contributed by atoms with van der Waals surface area (Å²) in [7, 11) is 10.7. The molecule has 0 aliphatic heterocycles. The third-order valence-electron chi connectivity index (χ3n) is 0. The molecule has 0 saturated carbocycles. The van der Waals surface area contributed by atoms with Crippen LogP contribution in [0.5, 0.6) is 0 Å². The number of hydrogen-bond acceptors (Lipinski definition) is 0. The maximum absolute atomic E-state index is 3.78. The average molecular weight is 320 g/mol. The van der Waals surface area contributed by atoms with Crippen LogP contribution in [0.1, 0.15) is 0 Å². The average Bonchev–Trinajstić information content (AvgIpc) is 0.811. The van der Waals surface area contributed by atoms with E-state index in [1.165, 1.54) is 0 Å². The first-order valence-corrected chi connectivity index (χ1v) is 5.87. The van der Waals surface area contributed by atoms with Gasteiger partial charge < -0.3 is 0 Å². The van der Waals surface area contributed by atoms with Crippen molar-refractivity contribution in [1.82, 2.24) is 0 Å². The van der Waals surface area contributed by atoms with E-state index in [0.717, 1.165) is 0 Å². The molecular formula is CdFeNiP3. The fraction of sp³-hybridized carbons (Fsp3) is 0. The maximum atomic E-state index is 3.78. The van der Waals surface area contributed by atoms with Crippen molar-refractivity contribution in [2.75, 3.05) is 0 Å². The SMILES string of the molecule is [Cd].[Ni].[P]#[Fe](#[P])#[P]. The molecule has 0 saturated heterocycles. The molecule has 0 aliphatic rings. The van der Waals surface area contributed by atoms with Gasteiger partial charge in [0.1, 0.15) is 0 Å². The summed E-state index contributed by atoms with van der Waals surface area (Å²) in [6, 6.07) is 0. The van der Waals surface area contributed by atoms with E-state index < -0.39 is 10.5 Å². The quantitative estimate of drug-likeness (QED) is 0.475. The van der Waals surface area contributed by atoms with E-state index in [1.54, 1.807) is 0 Å². The van der Waals surface area contributed by atoms with E-state index >= 15 is 0 Å². The minimum atomic E-state index is -0.667. The van der Waals surface area contributed by atoms with E-state index in [4.69, 9.17) is 0 Å². The first-order chi connectivity index (χ1) is 1.73. The van der Waals surface area contributed by atoms with Crippen molar-refractivity contribution in [2.45, 2.75) is 0 Å². The Kier molecular flexibility index (Phi) is 29.7. The molecule has 0 fully saturated rings. The van der Waals surface area contributed by atoms with Crippen LogP contribution in [-0.2, 0) is 54.3 Å². The Balaban J connectivity index is -0.0000000450. The van der Waals surface area contributed by atoms with Crippen molar-refractivity contribution in [1.29, 1.82) is 0 Å². The first kappa shape index (κ1) is 16.1. The third kappa shape index (κ3) is 26.9. The van der Waals surface area contributed by atoms with Crippen molar-refractivity contribution in [3.05, 3.63) is 0 Å². The summed E-state index contributed by atoms with van der Waals surface area (Å²) in [4.78, 5) is 0. The Morgan fingerprint density at radius 3 is 1.00 bits per heavy atom. The van der Waals surface area contributed by atoms with Gasteiger partial charge in [0.25, 0.3) is 0 Å². The van der Waals surface area contributed by atoms with Gasteiger partial charge in [-0.25, -0.2) is 0 Å². The van der Waals surface area contributed by atoms with Gasteiger partial charge in [-0.3, -0.25) is 0 Å². The van der Waals surface area contributed by atoms with Crippen LogP contribution in [0.15, 0.2) is 0 Å². The molecular weight excluding hydrogens is 320 g/mol. The van der Waals surface area contributed by atoms with E-state index in [-0.39, 0.29) is 43.8 Å². The normalized spacial score (nSPS) is 3.50. The van der Waals surface area contributed by atoms with Gasteiger partial charge in [-0.2, -0.15) is 0 Å². The zero-order valence-corrected chi connectivity index (χ0v) is 11.5. The zero-order chi connectivity index (χ0) is 3.58. The third-order valence-corrected chi connectivity index (χ3v) is 0. The van der Waals surface area contributed by atoms with Gasteiger partial charge in [0, 0.05) is 43.8 Å². The molecule has 0 heterocycles. The van der Waals surface area contributed by atoms with Crippen LogP contribution in [0.4, 0.5) is 0 Å².